The number of hydrogen-bond donors (Lipinski definition) is 0. The van der Waals surface area contributed by atoms with Crippen LogP contribution < -0.4 is 0 Å². The van der Waals surface area contributed by atoms with Crippen LogP contribution in [0.15, 0.2) is 42.0 Å². The minimum atomic E-state index is -0.0426. The summed E-state index contributed by atoms with van der Waals surface area (Å²) in [5.74, 6) is 0.263. The molecule has 0 heterocycles. The molecule has 0 saturated heterocycles. The van der Waals surface area contributed by atoms with Crippen molar-refractivity contribution in [2.24, 2.45) is 0 Å². The molecule has 1 aromatic carbocycles. The first-order valence-electron chi connectivity index (χ1n) is 6.62. The van der Waals surface area contributed by atoms with Gasteiger partial charge in [-0.3, -0.25) is 4.79 Å². The predicted octanol–water partition coefficient (Wildman–Crippen LogP) is 4.67. The van der Waals surface area contributed by atoms with Crippen LogP contribution in [-0.2, 0) is 10.2 Å². The van der Waals surface area contributed by atoms with Crippen molar-refractivity contribution in [1.82, 2.24) is 0 Å². The molecule has 0 aliphatic carbocycles. The van der Waals surface area contributed by atoms with Gasteiger partial charge in [0.25, 0.3) is 0 Å². The van der Waals surface area contributed by atoms with Crippen LogP contribution >= 0.6 is 0 Å². The van der Waals surface area contributed by atoms with Crippen LogP contribution in [0.5, 0.6) is 0 Å². The van der Waals surface area contributed by atoms with Crippen molar-refractivity contribution in [3.05, 3.63) is 47.5 Å². The van der Waals surface area contributed by atoms with Gasteiger partial charge in [0.2, 0.25) is 0 Å². The van der Waals surface area contributed by atoms with Gasteiger partial charge in [-0.25, -0.2) is 0 Å². The first kappa shape index (κ1) is 14.7. The van der Waals surface area contributed by atoms with Crippen molar-refractivity contribution < 1.29 is 4.79 Å². The Hall–Kier alpha value is -1.37. The van der Waals surface area contributed by atoms with Gasteiger partial charge in [-0.05, 0) is 44.6 Å². The fourth-order valence-corrected chi connectivity index (χ4v) is 2.40. The maximum Gasteiger partial charge on any atom is 0.130 e. The lowest BCUT2D eigenvalue weighted by molar-refractivity contribution is -0.118. The van der Waals surface area contributed by atoms with E-state index in [2.05, 4.69) is 51.1 Å². The Morgan fingerprint density at radius 2 is 1.78 bits per heavy atom. The van der Waals surface area contributed by atoms with E-state index in [9.17, 15) is 4.79 Å². The average molecular weight is 244 g/mol. The molecule has 0 unspecified atom stereocenters. The molecule has 0 bridgehead atoms. The minimum absolute atomic E-state index is 0.0426. The molecule has 1 aromatic rings. The van der Waals surface area contributed by atoms with Crippen LogP contribution in [0, 0.1) is 0 Å². The number of allylic oxidation sites excluding steroid dienone is 2. The third-order valence-electron chi connectivity index (χ3n) is 3.36. The van der Waals surface area contributed by atoms with E-state index < -0.39 is 0 Å². The van der Waals surface area contributed by atoms with E-state index in [1.165, 1.54) is 11.1 Å². The number of hydrogen-bond acceptors (Lipinski definition) is 1. The molecule has 18 heavy (non-hydrogen) atoms. The summed E-state index contributed by atoms with van der Waals surface area (Å²) in [6.45, 7) is 8.11. The van der Waals surface area contributed by atoms with E-state index in [1.807, 2.05) is 6.07 Å². The van der Waals surface area contributed by atoms with Crippen molar-refractivity contribution in [1.29, 1.82) is 0 Å². The second kappa shape index (κ2) is 6.53. The van der Waals surface area contributed by atoms with Crippen LogP contribution in [0.2, 0.25) is 0 Å². The van der Waals surface area contributed by atoms with Crippen molar-refractivity contribution in [3.63, 3.8) is 0 Å². The Bertz CT molecular complexity index is 412. The monoisotopic (exact) mass is 244 g/mol. The third-order valence-corrected chi connectivity index (χ3v) is 3.36. The van der Waals surface area contributed by atoms with Crippen LogP contribution in [0.1, 0.15) is 52.5 Å². The minimum Gasteiger partial charge on any atom is -0.300 e. The van der Waals surface area contributed by atoms with Gasteiger partial charge in [-0.2, -0.15) is 0 Å². The van der Waals surface area contributed by atoms with Gasteiger partial charge in [0, 0.05) is 6.42 Å². The molecule has 0 radical (unpaired) electrons. The normalized spacial score (nSPS) is 13.8. The Morgan fingerprint density at radius 3 is 2.28 bits per heavy atom. The number of rotatable bonds is 6. The van der Waals surface area contributed by atoms with Crippen molar-refractivity contribution in [2.75, 3.05) is 0 Å². The Balaban J connectivity index is 2.88. The van der Waals surface area contributed by atoms with Crippen molar-refractivity contribution >= 4 is 5.78 Å². The lowest BCUT2D eigenvalue weighted by Gasteiger charge is -2.29. The molecule has 1 atom stereocenters. The molecule has 0 fully saturated rings. The van der Waals surface area contributed by atoms with Gasteiger partial charge in [-0.15, -0.1) is 0 Å². The van der Waals surface area contributed by atoms with Gasteiger partial charge in [-0.1, -0.05) is 48.9 Å². The molecule has 1 rings (SSSR count). The average Bonchev–Trinajstić information content (AvgIpc) is 2.28. The molecule has 0 amide bonds. The largest absolute Gasteiger partial charge is 0.300 e. The molecule has 0 saturated carbocycles. The standard InChI is InChI=1S/C17H24O/c1-14(2)9-8-12-17(4,13-15(3)18)16-10-6-5-7-11-16/h5-7,9-11H,8,12-13H2,1-4H3/t17-/m0/s1. The summed E-state index contributed by atoms with van der Waals surface area (Å²) in [6.07, 6.45) is 4.91. The van der Waals surface area contributed by atoms with E-state index in [0.717, 1.165) is 12.8 Å². The third kappa shape index (κ3) is 4.48. The smallest absolute Gasteiger partial charge is 0.130 e. The summed E-state index contributed by atoms with van der Waals surface area (Å²) in [5, 5.41) is 0. The topological polar surface area (TPSA) is 17.1 Å². The fraction of sp³-hybridized carbons (Fsp3) is 0.471. The van der Waals surface area contributed by atoms with E-state index in [4.69, 9.17) is 0 Å². The van der Waals surface area contributed by atoms with E-state index >= 15 is 0 Å². The molecule has 0 N–H and O–H groups in total. The first-order valence-corrected chi connectivity index (χ1v) is 6.62. The van der Waals surface area contributed by atoms with Gasteiger partial charge in [0.1, 0.15) is 5.78 Å². The zero-order valence-corrected chi connectivity index (χ0v) is 12.0. The molecule has 0 aliphatic heterocycles. The Morgan fingerprint density at radius 1 is 1.17 bits per heavy atom. The highest BCUT2D eigenvalue weighted by Crippen LogP contribution is 2.33. The fourth-order valence-electron chi connectivity index (χ4n) is 2.40. The highest BCUT2D eigenvalue weighted by Gasteiger charge is 2.27. The predicted molar refractivity (Wildman–Crippen MR) is 77.8 cm³/mol. The highest BCUT2D eigenvalue weighted by atomic mass is 16.1. The van der Waals surface area contributed by atoms with Crippen LogP contribution in [0.3, 0.4) is 0 Å². The molecular weight excluding hydrogens is 220 g/mol. The molecule has 0 aromatic heterocycles. The van der Waals surface area contributed by atoms with Crippen LogP contribution in [0.25, 0.3) is 0 Å². The summed E-state index contributed by atoms with van der Waals surface area (Å²) in [5.41, 5.74) is 2.56. The molecule has 1 nitrogen and oxygen atoms in total. The first-order chi connectivity index (χ1) is 8.44. The second-order valence-electron chi connectivity index (χ2n) is 5.63. The van der Waals surface area contributed by atoms with E-state index in [-0.39, 0.29) is 11.2 Å². The number of Topliss-reactive ketones (excluding diaryl/α,β-unsaturated/α-hetero) is 1. The van der Waals surface area contributed by atoms with Gasteiger partial charge < -0.3 is 0 Å². The van der Waals surface area contributed by atoms with Crippen LogP contribution in [-0.4, -0.2) is 5.78 Å². The summed E-state index contributed by atoms with van der Waals surface area (Å²) >= 11 is 0. The summed E-state index contributed by atoms with van der Waals surface area (Å²) in [4.78, 5) is 11.5. The lowest BCUT2D eigenvalue weighted by Crippen LogP contribution is -2.24. The zero-order valence-electron chi connectivity index (χ0n) is 12.0. The van der Waals surface area contributed by atoms with Gasteiger partial charge >= 0.3 is 0 Å². The van der Waals surface area contributed by atoms with Crippen molar-refractivity contribution in [2.45, 2.75) is 52.4 Å². The molecule has 1 heteroatoms. The van der Waals surface area contributed by atoms with Gasteiger partial charge in [0.05, 0.1) is 0 Å². The van der Waals surface area contributed by atoms with E-state index in [1.54, 1.807) is 6.92 Å². The van der Waals surface area contributed by atoms with E-state index in [0.29, 0.717) is 6.42 Å². The Kier molecular flexibility index (Phi) is 5.33. The zero-order chi connectivity index (χ0) is 13.6. The lowest BCUT2D eigenvalue weighted by atomic mass is 9.75. The quantitative estimate of drug-likeness (QED) is 0.665. The number of carbonyl (C=O) groups is 1. The molecule has 0 spiro atoms. The maximum absolute atomic E-state index is 11.5. The maximum atomic E-state index is 11.5. The molecule has 98 valence electrons. The number of ketones is 1. The summed E-state index contributed by atoms with van der Waals surface area (Å²) in [7, 11) is 0. The molecular formula is C17H24O. The van der Waals surface area contributed by atoms with Gasteiger partial charge in [0.15, 0.2) is 0 Å². The second-order valence-corrected chi connectivity index (χ2v) is 5.63. The Labute approximate surface area is 111 Å². The SMILES string of the molecule is CC(=O)C[C@](C)(CCC=C(C)C)c1ccccc1. The molecule has 0 aliphatic rings. The van der Waals surface area contributed by atoms with Crippen molar-refractivity contribution in [3.8, 4) is 0 Å². The highest BCUT2D eigenvalue weighted by molar-refractivity contribution is 5.77. The van der Waals surface area contributed by atoms with Crippen LogP contribution in [0.4, 0.5) is 0 Å². The summed E-state index contributed by atoms with van der Waals surface area (Å²) in [6, 6.07) is 10.4. The number of carbonyl (C=O) groups excluding carboxylic acids is 1. The number of benzene rings is 1. The summed E-state index contributed by atoms with van der Waals surface area (Å²) < 4.78 is 0.